The van der Waals surface area contributed by atoms with Crippen molar-refractivity contribution in [1.82, 2.24) is 0 Å². The van der Waals surface area contributed by atoms with Gasteiger partial charge in [0.2, 0.25) is 0 Å². The molecular formula is C26H18ClLiO6S2. The second-order valence-corrected chi connectivity index (χ2v) is 11.8. The van der Waals surface area contributed by atoms with Crippen LogP contribution in [0.15, 0.2) is 88.7 Å². The fourth-order valence-corrected chi connectivity index (χ4v) is 7.79. The van der Waals surface area contributed by atoms with Crippen LogP contribution in [0.1, 0.15) is 34.1 Å². The summed E-state index contributed by atoms with van der Waals surface area (Å²) in [4.78, 5) is -0.634. The van der Waals surface area contributed by atoms with Gasteiger partial charge in [-0.1, -0.05) is 78.3 Å². The fraction of sp³-hybridized carbons (Fsp3) is 0.0769. The van der Waals surface area contributed by atoms with E-state index in [4.69, 9.17) is 11.6 Å². The number of benzene rings is 4. The van der Waals surface area contributed by atoms with Crippen molar-refractivity contribution in [3.8, 4) is 22.3 Å². The van der Waals surface area contributed by atoms with E-state index < -0.39 is 37.0 Å². The maximum absolute atomic E-state index is 12.6. The van der Waals surface area contributed by atoms with Gasteiger partial charge in [0.1, 0.15) is 4.90 Å². The molecule has 10 heteroatoms. The Morgan fingerprint density at radius 1 is 0.583 bits per heavy atom. The Morgan fingerprint density at radius 3 is 1.64 bits per heavy atom. The van der Waals surface area contributed by atoms with E-state index in [1.807, 2.05) is 48.5 Å². The Hall–Kier alpha value is -2.41. The zero-order valence-electron chi connectivity index (χ0n) is 17.9. The van der Waals surface area contributed by atoms with E-state index in [0.717, 1.165) is 22.3 Å². The Labute approximate surface area is 225 Å². The van der Waals surface area contributed by atoms with Gasteiger partial charge >= 0.3 is 18.9 Å². The van der Waals surface area contributed by atoms with Gasteiger partial charge in [0.25, 0.3) is 20.2 Å². The molecule has 0 saturated carbocycles. The van der Waals surface area contributed by atoms with Crippen molar-refractivity contribution in [2.24, 2.45) is 0 Å². The van der Waals surface area contributed by atoms with E-state index in [1.165, 1.54) is 12.1 Å². The molecule has 6 nitrogen and oxygen atoms in total. The van der Waals surface area contributed by atoms with Crippen LogP contribution in [-0.2, 0) is 20.2 Å². The van der Waals surface area contributed by atoms with E-state index in [1.54, 1.807) is 18.2 Å². The monoisotopic (exact) mass is 532 g/mol. The van der Waals surface area contributed by atoms with Gasteiger partial charge in [-0.15, -0.1) is 0 Å². The first-order valence-electron chi connectivity index (χ1n) is 10.7. The summed E-state index contributed by atoms with van der Waals surface area (Å²) in [5, 5.41) is -0.126. The minimum absolute atomic E-state index is 0. The predicted octanol–water partition coefficient (Wildman–Crippen LogP) is 5.11. The molecule has 0 aliphatic heterocycles. The summed E-state index contributed by atoms with van der Waals surface area (Å²) in [6, 6.07) is 22.6. The molecular weight excluding hydrogens is 515 g/mol. The normalized spacial score (nSPS) is 17.5. The van der Waals surface area contributed by atoms with Gasteiger partial charge in [0.15, 0.2) is 0 Å². The molecule has 0 saturated heterocycles. The van der Waals surface area contributed by atoms with E-state index in [0.29, 0.717) is 22.3 Å². The van der Waals surface area contributed by atoms with Crippen molar-refractivity contribution in [2.45, 2.75) is 21.6 Å². The summed E-state index contributed by atoms with van der Waals surface area (Å²) >= 11 is 6.34. The molecule has 0 amide bonds. The molecule has 4 aromatic rings. The van der Waals surface area contributed by atoms with Gasteiger partial charge in [0, 0.05) is 11.8 Å². The van der Waals surface area contributed by atoms with E-state index in [2.05, 4.69) is 0 Å². The van der Waals surface area contributed by atoms with Crippen LogP contribution in [-0.4, -0.2) is 44.8 Å². The average molecular weight is 533 g/mol. The number of fused-ring (bicyclic) bond motifs is 6. The fourth-order valence-electron chi connectivity index (χ4n) is 5.73. The molecule has 0 spiro atoms. The van der Waals surface area contributed by atoms with Crippen molar-refractivity contribution in [1.29, 1.82) is 0 Å². The van der Waals surface area contributed by atoms with Crippen molar-refractivity contribution in [3.63, 3.8) is 0 Å². The molecule has 6 rings (SSSR count). The molecule has 2 unspecified atom stereocenters. The summed E-state index contributed by atoms with van der Waals surface area (Å²) < 4.78 is 70.4. The third-order valence-electron chi connectivity index (χ3n) is 6.88. The van der Waals surface area contributed by atoms with Crippen LogP contribution in [0.25, 0.3) is 22.3 Å². The molecule has 178 valence electrons. The zero-order valence-corrected chi connectivity index (χ0v) is 20.3. The van der Waals surface area contributed by atoms with Gasteiger partial charge < -0.3 is 0 Å². The molecule has 0 aromatic heterocycles. The number of rotatable bonds is 3. The molecule has 0 bridgehead atoms. The molecule has 0 radical (unpaired) electrons. The quantitative estimate of drug-likeness (QED) is 0.280. The van der Waals surface area contributed by atoms with Crippen molar-refractivity contribution < 1.29 is 25.9 Å². The van der Waals surface area contributed by atoms with Crippen LogP contribution in [0.3, 0.4) is 0 Å². The van der Waals surface area contributed by atoms with Crippen LogP contribution in [0.2, 0.25) is 5.02 Å². The molecule has 0 heterocycles. The van der Waals surface area contributed by atoms with E-state index >= 15 is 0 Å². The zero-order chi connectivity index (χ0) is 24.7. The van der Waals surface area contributed by atoms with Gasteiger partial charge in [-0.2, -0.15) is 16.8 Å². The SMILES string of the molecule is O=S(=O)(O)c1cccc2c1C(C1c3ccccc3-c3ccc(Cl)c(S(=O)(=O)O)c31)c1ccccc1-2.[LiH]. The third kappa shape index (κ3) is 3.60. The van der Waals surface area contributed by atoms with Crippen molar-refractivity contribution in [3.05, 3.63) is 106 Å². The first kappa shape index (κ1) is 25.2. The second kappa shape index (κ2) is 8.57. The van der Waals surface area contributed by atoms with Crippen molar-refractivity contribution in [2.75, 3.05) is 0 Å². The van der Waals surface area contributed by atoms with Gasteiger partial charge in [0.05, 0.1) is 9.92 Å². The summed E-state index contributed by atoms with van der Waals surface area (Å²) in [5.74, 6) is -1.36. The van der Waals surface area contributed by atoms with E-state index in [-0.39, 0.29) is 28.8 Å². The summed E-state index contributed by atoms with van der Waals surface area (Å²) in [5.41, 5.74) is 5.03. The van der Waals surface area contributed by atoms with E-state index in [9.17, 15) is 25.9 Å². The van der Waals surface area contributed by atoms with Crippen LogP contribution in [0.4, 0.5) is 0 Å². The third-order valence-corrected chi connectivity index (χ3v) is 9.17. The van der Waals surface area contributed by atoms with Crippen LogP contribution >= 0.6 is 11.6 Å². The predicted molar refractivity (Wildman–Crippen MR) is 139 cm³/mol. The van der Waals surface area contributed by atoms with Gasteiger partial charge in [-0.3, -0.25) is 9.11 Å². The first-order valence-corrected chi connectivity index (χ1v) is 13.9. The summed E-state index contributed by atoms with van der Waals surface area (Å²) in [7, 11) is -9.34. The first-order chi connectivity index (χ1) is 16.6. The van der Waals surface area contributed by atoms with Crippen LogP contribution in [0.5, 0.6) is 0 Å². The van der Waals surface area contributed by atoms with Crippen LogP contribution < -0.4 is 0 Å². The molecule has 2 atom stereocenters. The number of hydrogen-bond acceptors (Lipinski definition) is 4. The number of hydrogen-bond donors (Lipinski definition) is 2. The minimum atomic E-state index is -4.73. The average Bonchev–Trinajstić information content (AvgIpc) is 3.29. The molecule has 2 aliphatic carbocycles. The second-order valence-electron chi connectivity index (χ2n) is 8.64. The molecule has 4 aromatic carbocycles. The Bertz CT molecular complexity index is 1780. The topological polar surface area (TPSA) is 109 Å². The molecule has 36 heavy (non-hydrogen) atoms. The Balaban J connectivity index is 0.00000267. The standard InChI is InChI=1S/C26H17ClO6S2.Li.H/c27-20-13-12-19-15-7-2-4-9-18(15)24(25(19)26(20)35(31,32)33)23-17-8-3-1-6-14(17)16-10-5-11-21(22(16)23)34(28,29)30;;/h1-13,23-24H,(H,28,29,30)(H,31,32,33);;. The summed E-state index contributed by atoms with van der Waals surface area (Å²) in [6.45, 7) is 0. The maximum atomic E-state index is 12.6. The number of halogens is 1. The van der Waals surface area contributed by atoms with Gasteiger partial charge in [-0.05, 0) is 56.6 Å². The molecule has 2 N–H and O–H groups in total. The molecule has 0 fully saturated rings. The molecule has 2 aliphatic rings. The Morgan fingerprint density at radius 2 is 1.08 bits per heavy atom. The van der Waals surface area contributed by atoms with Crippen molar-refractivity contribution >= 4 is 50.7 Å². The van der Waals surface area contributed by atoms with Crippen LogP contribution in [0, 0.1) is 0 Å². The summed E-state index contributed by atoms with van der Waals surface area (Å²) in [6.07, 6.45) is 0. The van der Waals surface area contributed by atoms with Gasteiger partial charge in [-0.25, -0.2) is 0 Å². The Kier molecular flexibility index (Phi) is 6.01.